The molecule has 2 N–H and O–H groups in total. The number of nitrogens with one attached hydrogen (secondary N) is 1. The van der Waals surface area contributed by atoms with Crippen molar-refractivity contribution in [3.63, 3.8) is 0 Å². The van der Waals surface area contributed by atoms with Crippen LogP contribution in [0, 0.1) is 5.82 Å². The van der Waals surface area contributed by atoms with Crippen LogP contribution in [-0.4, -0.2) is 35.0 Å². The highest BCUT2D eigenvalue weighted by molar-refractivity contribution is 5.98. The molecule has 0 aliphatic carbocycles. The zero-order valence-electron chi connectivity index (χ0n) is 10.7. The second-order valence-corrected chi connectivity index (χ2v) is 5.16. The van der Waals surface area contributed by atoms with Crippen LogP contribution >= 0.6 is 0 Å². The molecule has 0 radical (unpaired) electrons. The first kappa shape index (κ1) is 12.6. The van der Waals surface area contributed by atoms with Crippen LogP contribution in [0.3, 0.4) is 0 Å². The third-order valence-corrected chi connectivity index (χ3v) is 4.02. The number of benzene rings is 1. The van der Waals surface area contributed by atoms with Gasteiger partial charge in [-0.25, -0.2) is 4.39 Å². The van der Waals surface area contributed by atoms with Gasteiger partial charge in [0.1, 0.15) is 5.82 Å². The average Bonchev–Trinajstić information content (AvgIpc) is 2.79. The summed E-state index contributed by atoms with van der Waals surface area (Å²) in [6.45, 7) is 1.74. The van der Waals surface area contributed by atoms with Crippen molar-refractivity contribution in [2.45, 2.75) is 32.0 Å². The number of piperidine rings is 1. The highest BCUT2D eigenvalue weighted by atomic mass is 19.1. The van der Waals surface area contributed by atoms with Crippen LogP contribution in [0.5, 0.6) is 0 Å². The number of rotatable bonds is 2. The van der Waals surface area contributed by atoms with E-state index >= 15 is 0 Å². The molecule has 1 amide bonds. The summed E-state index contributed by atoms with van der Waals surface area (Å²) in [4.78, 5) is 14.1. The van der Waals surface area contributed by atoms with E-state index < -0.39 is 5.82 Å². The fourth-order valence-electron chi connectivity index (χ4n) is 2.94. The summed E-state index contributed by atoms with van der Waals surface area (Å²) in [5.74, 6) is -0.522. The molecule has 0 spiro atoms. The van der Waals surface area contributed by atoms with Crippen LogP contribution in [0.2, 0.25) is 0 Å². The van der Waals surface area contributed by atoms with Gasteiger partial charge in [-0.3, -0.25) is 4.79 Å². The van der Waals surface area contributed by atoms with Gasteiger partial charge in [0, 0.05) is 29.3 Å². The molecule has 1 unspecified atom stereocenters. The first-order chi connectivity index (χ1) is 9.22. The second kappa shape index (κ2) is 4.90. The first-order valence-electron chi connectivity index (χ1n) is 6.65. The molecule has 2 heterocycles. The van der Waals surface area contributed by atoms with Gasteiger partial charge in [0.25, 0.3) is 5.91 Å². The Labute approximate surface area is 111 Å². The molecule has 4 nitrogen and oxygen atoms in total. The first-order valence-corrected chi connectivity index (χ1v) is 6.65. The summed E-state index contributed by atoms with van der Waals surface area (Å²) in [6, 6.07) is 3.27. The van der Waals surface area contributed by atoms with Crippen molar-refractivity contribution in [1.82, 2.24) is 10.2 Å². The minimum atomic E-state index is -0.431. The number of fused-ring (bicyclic) bond motifs is 1. The van der Waals surface area contributed by atoms with Gasteiger partial charge in [-0.2, -0.15) is 0 Å². The zero-order chi connectivity index (χ0) is 13.4. The fourth-order valence-corrected chi connectivity index (χ4v) is 2.94. The van der Waals surface area contributed by atoms with E-state index in [1.807, 2.05) is 0 Å². The van der Waals surface area contributed by atoms with Gasteiger partial charge in [0.05, 0.1) is 13.2 Å². The van der Waals surface area contributed by atoms with Gasteiger partial charge in [-0.15, -0.1) is 0 Å². The number of nitrogens with zero attached hydrogens (tertiary/aromatic N) is 1. The predicted molar refractivity (Wildman–Crippen MR) is 68.1 cm³/mol. The Hall–Kier alpha value is -1.46. The minimum absolute atomic E-state index is 0.0907. The highest BCUT2D eigenvalue weighted by Crippen LogP contribution is 2.30. The minimum Gasteiger partial charge on any atom is -0.392 e. The predicted octanol–water partition coefficient (Wildman–Crippen LogP) is 1.03. The molecule has 0 saturated carbocycles. The van der Waals surface area contributed by atoms with Gasteiger partial charge in [-0.1, -0.05) is 6.07 Å². The van der Waals surface area contributed by atoms with Crippen LogP contribution in [0.25, 0.3) is 0 Å². The number of aliphatic hydroxyl groups excluding tert-OH is 1. The molecule has 1 aromatic carbocycles. The highest BCUT2D eigenvalue weighted by Gasteiger charge is 2.35. The normalized spacial score (nSPS) is 22.7. The number of carbonyl (C=O) groups is 1. The van der Waals surface area contributed by atoms with Crippen LogP contribution in [0.15, 0.2) is 12.1 Å². The zero-order valence-corrected chi connectivity index (χ0v) is 10.7. The van der Waals surface area contributed by atoms with Gasteiger partial charge >= 0.3 is 0 Å². The van der Waals surface area contributed by atoms with Crippen LogP contribution in [-0.2, 0) is 13.2 Å². The molecular formula is C14H17FN2O2. The van der Waals surface area contributed by atoms with E-state index in [-0.39, 0.29) is 24.1 Å². The Balaban J connectivity index is 1.90. The number of carbonyl (C=O) groups excluding carboxylic acids is 1. The Morgan fingerprint density at radius 2 is 2.32 bits per heavy atom. The molecule has 1 aromatic rings. The second-order valence-electron chi connectivity index (χ2n) is 5.16. The maximum Gasteiger partial charge on any atom is 0.254 e. The molecule has 102 valence electrons. The van der Waals surface area contributed by atoms with Crippen LogP contribution in [0.4, 0.5) is 4.39 Å². The molecule has 0 bridgehead atoms. The lowest BCUT2D eigenvalue weighted by molar-refractivity contribution is 0.0674. The van der Waals surface area contributed by atoms with Crippen LogP contribution < -0.4 is 5.32 Å². The van der Waals surface area contributed by atoms with Crippen molar-refractivity contribution < 1.29 is 14.3 Å². The number of hydrogen-bond acceptors (Lipinski definition) is 3. The number of amides is 1. The Morgan fingerprint density at radius 3 is 3.00 bits per heavy atom. The van der Waals surface area contributed by atoms with Gasteiger partial charge < -0.3 is 15.3 Å². The lowest BCUT2D eigenvalue weighted by atomic mass is 10.1. The summed E-state index contributed by atoms with van der Waals surface area (Å²) < 4.78 is 14.1. The van der Waals surface area contributed by atoms with Gasteiger partial charge in [0.15, 0.2) is 0 Å². The maximum absolute atomic E-state index is 14.1. The Kier molecular flexibility index (Phi) is 3.24. The largest absolute Gasteiger partial charge is 0.392 e. The molecule has 2 aliphatic heterocycles. The van der Waals surface area contributed by atoms with Crippen molar-refractivity contribution in [3.05, 3.63) is 34.6 Å². The molecule has 1 atom stereocenters. The molecule has 1 saturated heterocycles. The van der Waals surface area contributed by atoms with E-state index in [4.69, 9.17) is 5.11 Å². The van der Waals surface area contributed by atoms with Gasteiger partial charge in [-0.05, 0) is 25.5 Å². The topological polar surface area (TPSA) is 52.6 Å². The lowest BCUT2D eigenvalue weighted by Crippen LogP contribution is -2.46. The molecule has 5 heteroatoms. The third kappa shape index (κ3) is 2.03. The van der Waals surface area contributed by atoms with Crippen molar-refractivity contribution in [2.24, 2.45) is 0 Å². The molecule has 2 aliphatic rings. The quantitative estimate of drug-likeness (QED) is 0.838. The summed E-state index contributed by atoms with van der Waals surface area (Å²) >= 11 is 0. The van der Waals surface area contributed by atoms with Crippen molar-refractivity contribution in [3.8, 4) is 0 Å². The van der Waals surface area contributed by atoms with Crippen LogP contribution in [0.1, 0.15) is 34.3 Å². The van der Waals surface area contributed by atoms with Gasteiger partial charge in [0.2, 0.25) is 0 Å². The van der Waals surface area contributed by atoms with E-state index in [1.165, 1.54) is 6.07 Å². The summed E-state index contributed by atoms with van der Waals surface area (Å²) in [7, 11) is 0. The average molecular weight is 264 g/mol. The summed E-state index contributed by atoms with van der Waals surface area (Å²) in [5, 5.41) is 12.4. The SMILES string of the molecule is O=C1c2ccc(CO)c(F)c2CN1C1CCCNC1. The van der Waals surface area contributed by atoms with E-state index in [0.29, 0.717) is 17.7 Å². The van der Waals surface area contributed by atoms with E-state index in [9.17, 15) is 9.18 Å². The van der Waals surface area contributed by atoms with E-state index in [0.717, 1.165) is 25.9 Å². The van der Waals surface area contributed by atoms with Crippen molar-refractivity contribution in [2.75, 3.05) is 13.1 Å². The van der Waals surface area contributed by atoms with E-state index in [1.54, 1.807) is 11.0 Å². The van der Waals surface area contributed by atoms with E-state index in [2.05, 4.69) is 5.32 Å². The number of hydrogen-bond donors (Lipinski definition) is 2. The maximum atomic E-state index is 14.1. The smallest absolute Gasteiger partial charge is 0.254 e. The standard InChI is InChI=1S/C14H17FN2O2/c15-13-9(8-18)3-4-11-12(13)7-17(14(11)19)10-2-1-5-16-6-10/h3-4,10,16,18H,1-2,5-8H2. The monoisotopic (exact) mass is 264 g/mol. The Morgan fingerprint density at radius 1 is 1.47 bits per heavy atom. The third-order valence-electron chi connectivity index (χ3n) is 4.02. The molecule has 19 heavy (non-hydrogen) atoms. The van der Waals surface area contributed by atoms with Crippen molar-refractivity contribution in [1.29, 1.82) is 0 Å². The summed E-state index contributed by atoms with van der Waals surface area (Å²) in [6.07, 6.45) is 2.00. The molecular weight excluding hydrogens is 247 g/mol. The molecule has 0 aromatic heterocycles. The lowest BCUT2D eigenvalue weighted by Gasteiger charge is -2.31. The fraction of sp³-hybridized carbons (Fsp3) is 0.500. The number of halogens is 1. The van der Waals surface area contributed by atoms with Crippen molar-refractivity contribution >= 4 is 5.91 Å². The molecule has 3 rings (SSSR count). The molecule has 1 fully saturated rings. The summed E-state index contributed by atoms with van der Waals surface area (Å²) in [5.41, 5.74) is 1.14. The Bertz CT molecular complexity index is 512. The number of aliphatic hydroxyl groups is 1.